The molecule has 0 aromatic heterocycles. The average molecular weight is 547 g/mol. The maximum Gasteiger partial charge on any atom is 0.220 e. The van der Waals surface area contributed by atoms with Gasteiger partial charge in [0, 0.05) is 58.3 Å². The van der Waals surface area contributed by atoms with Crippen molar-refractivity contribution in [1.82, 2.24) is 20.4 Å². The molecule has 1 aromatic carbocycles. The number of nitrogens with zero attached hydrogens (tertiary/aromatic N) is 3. The number of hydrogen-bond donors (Lipinski definition) is 2. The van der Waals surface area contributed by atoms with Crippen LogP contribution in [0.2, 0.25) is 0 Å². The fourth-order valence-electron chi connectivity index (χ4n) is 3.56. The van der Waals surface area contributed by atoms with Gasteiger partial charge in [0.1, 0.15) is 0 Å². The molecule has 0 atom stereocenters. The highest BCUT2D eigenvalue weighted by Crippen LogP contribution is 2.19. The second-order valence-electron chi connectivity index (χ2n) is 7.91. The zero-order valence-electron chi connectivity index (χ0n) is 18.5. The van der Waals surface area contributed by atoms with Gasteiger partial charge in [0.2, 0.25) is 5.91 Å². The molecule has 1 amide bonds. The van der Waals surface area contributed by atoms with Gasteiger partial charge in [0.05, 0.1) is 7.11 Å². The predicted octanol–water partition coefficient (Wildman–Crippen LogP) is 2.59. The lowest BCUT2D eigenvalue weighted by Gasteiger charge is -2.36. The molecule has 1 heterocycles. The summed E-state index contributed by atoms with van der Waals surface area (Å²) in [6.45, 7) is 7.76. The first-order valence-electron chi connectivity index (χ1n) is 11.0. The Morgan fingerprint density at radius 3 is 2.61 bits per heavy atom. The summed E-state index contributed by atoms with van der Waals surface area (Å²) in [5, 5.41) is 6.38. The normalized spacial score (nSPS) is 17.1. The first kappa shape index (κ1) is 25.6. The van der Waals surface area contributed by atoms with E-state index < -0.39 is 0 Å². The van der Waals surface area contributed by atoms with Crippen molar-refractivity contribution in [1.29, 1.82) is 0 Å². The summed E-state index contributed by atoms with van der Waals surface area (Å²) < 4.78 is 18.9. The van der Waals surface area contributed by atoms with E-state index in [2.05, 4.69) is 27.4 Å². The molecule has 0 unspecified atom stereocenters. The van der Waals surface area contributed by atoms with Crippen LogP contribution in [0.5, 0.6) is 5.75 Å². The van der Waals surface area contributed by atoms with E-state index in [4.69, 9.17) is 9.73 Å². The molecule has 9 heteroatoms. The van der Waals surface area contributed by atoms with Crippen LogP contribution in [0.4, 0.5) is 4.39 Å². The van der Waals surface area contributed by atoms with Crippen LogP contribution in [0.15, 0.2) is 23.2 Å². The lowest BCUT2D eigenvalue weighted by atomic mass is 10.2. The SMILES string of the molecule is CCNC(=NCCCC(=O)NC1CC1)N1CCN(Cc2ccc(OC)c(F)c2)CC1.I. The summed E-state index contributed by atoms with van der Waals surface area (Å²) in [4.78, 5) is 21.1. The van der Waals surface area contributed by atoms with Crippen molar-refractivity contribution < 1.29 is 13.9 Å². The zero-order chi connectivity index (χ0) is 21.3. The number of guanidine groups is 1. The van der Waals surface area contributed by atoms with E-state index in [1.807, 2.05) is 6.07 Å². The van der Waals surface area contributed by atoms with Crippen molar-refractivity contribution in [2.24, 2.45) is 4.99 Å². The highest BCUT2D eigenvalue weighted by Gasteiger charge is 2.23. The van der Waals surface area contributed by atoms with Gasteiger partial charge < -0.3 is 20.3 Å². The summed E-state index contributed by atoms with van der Waals surface area (Å²) >= 11 is 0. The first-order chi connectivity index (χ1) is 14.6. The molecule has 174 valence electrons. The molecule has 2 N–H and O–H groups in total. The van der Waals surface area contributed by atoms with E-state index in [1.165, 1.54) is 7.11 Å². The standard InChI is InChI=1S/C22H34FN5O2.HI/c1-3-24-22(25-10-4-5-21(29)26-18-7-8-18)28-13-11-27(12-14-28)16-17-6-9-20(30-2)19(23)15-17;/h6,9,15,18H,3-5,7-8,10-14,16H2,1-2H3,(H,24,25)(H,26,29);1H. The third-order valence-corrected chi connectivity index (χ3v) is 5.40. The van der Waals surface area contributed by atoms with Crippen molar-refractivity contribution >= 4 is 35.8 Å². The molecule has 7 nitrogen and oxygen atoms in total. The van der Waals surface area contributed by atoms with Crippen molar-refractivity contribution in [3.63, 3.8) is 0 Å². The Balaban J connectivity index is 0.00000341. The van der Waals surface area contributed by atoms with Gasteiger partial charge in [0.15, 0.2) is 17.5 Å². The fraction of sp³-hybridized carbons (Fsp3) is 0.636. The molecule has 0 spiro atoms. The van der Waals surface area contributed by atoms with Crippen LogP contribution in [0.1, 0.15) is 38.2 Å². The van der Waals surface area contributed by atoms with Crippen molar-refractivity contribution in [2.45, 2.75) is 45.2 Å². The second kappa shape index (κ2) is 13.0. The van der Waals surface area contributed by atoms with Crippen LogP contribution in [0.25, 0.3) is 0 Å². The number of rotatable bonds is 9. The average Bonchev–Trinajstić information content (AvgIpc) is 3.55. The molecule has 2 aliphatic rings. The summed E-state index contributed by atoms with van der Waals surface area (Å²) in [6.07, 6.45) is 3.53. The minimum absolute atomic E-state index is 0. The van der Waals surface area contributed by atoms with E-state index >= 15 is 0 Å². The van der Waals surface area contributed by atoms with Crippen LogP contribution in [0.3, 0.4) is 0 Å². The number of ether oxygens (including phenoxy) is 1. The molecule has 2 fully saturated rings. The Labute approximate surface area is 201 Å². The second-order valence-corrected chi connectivity index (χ2v) is 7.91. The fourth-order valence-corrected chi connectivity index (χ4v) is 3.56. The molecule has 1 saturated carbocycles. The lowest BCUT2D eigenvalue weighted by molar-refractivity contribution is -0.121. The summed E-state index contributed by atoms with van der Waals surface area (Å²) in [5.41, 5.74) is 0.951. The zero-order valence-corrected chi connectivity index (χ0v) is 20.9. The van der Waals surface area contributed by atoms with Crippen molar-refractivity contribution in [3.05, 3.63) is 29.6 Å². The van der Waals surface area contributed by atoms with E-state index in [1.54, 1.807) is 12.1 Å². The summed E-state index contributed by atoms with van der Waals surface area (Å²) in [7, 11) is 1.48. The number of hydrogen-bond acceptors (Lipinski definition) is 4. The quantitative estimate of drug-likeness (QED) is 0.216. The minimum Gasteiger partial charge on any atom is -0.494 e. The topological polar surface area (TPSA) is 69.2 Å². The Morgan fingerprint density at radius 2 is 2.00 bits per heavy atom. The molecular formula is C22H35FIN5O2. The van der Waals surface area contributed by atoms with E-state index in [-0.39, 0.29) is 41.5 Å². The lowest BCUT2D eigenvalue weighted by Crippen LogP contribution is -2.52. The number of aliphatic imine (C=N–C) groups is 1. The van der Waals surface area contributed by atoms with Gasteiger partial charge in [-0.15, -0.1) is 24.0 Å². The molecule has 1 saturated heterocycles. The van der Waals surface area contributed by atoms with Gasteiger partial charge in [-0.1, -0.05) is 6.07 Å². The van der Waals surface area contributed by atoms with E-state index in [0.717, 1.165) is 70.1 Å². The van der Waals surface area contributed by atoms with Gasteiger partial charge in [-0.25, -0.2) is 4.39 Å². The van der Waals surface area contributed by atoms with Crippen LogP contribution in [-0.2, 0) is 11.3 Å². The van der Waals surface area contributed by atoms with Gasteiger partial charge >= 0.3 is 0 Å². The monoisotopic (exact) mass is 547 g/mol. The molecule has 1 aromatic rings. The van der Waals surface area contributed by atoms with Gasteiger partial charge in [-0.2, -0.15) is 0 Å². The first-order valence-corrected chi connectivity index (χ1v) is 11.0. The van der Waals surface area contributed by atoms with Gasteiger partial charge in [-0.05, 0) is 43.9 Å². The maximum absolute atomic E-state index is 13.9. The molecule has 0 bridgehead atoms. The highest BCUT2D eigenvalue weighted by atomic mass is 127. The van der Waals surface area contributed by atoms with Crippen LogP contribution in [-0.4, -0.2) is 74.1 Å². The Bertz CT molecular complexity index is 737. The number of carbonyl (C=O) groups excluding carboxylic acids is 1. The predicted molar refractivity (Wildman–Crippen MR) is 132 cm³/mol. The molecule has 3 rings (SSSR count). The number of benzene rings is 1. The molecular weight excluding hydrogens is 512 g/mol. The van der Waals surface area contributed by atoms with Crippen molar-refractivity contribution in [3.8, 4) is 5.75 Å². The smallest absolute Gasteiger partial charge is 0.220 e. The summed E-state index contributed by atoms with van der Waals surface area (Å²) in [6, 6.07) is 5.57. The molecule has 1 aliphatic heterocycles. The summed E-state index contributed by atoms with van der Waals surface area (Å²) in [5.74, 6) is 1.01. The van der Waals surface area contributed by atoms with Crippen LogP contribution < -0.4 is 15.4 Å². The van der Waals surface area contributed by atoms with E-state index in [9.17, 15) is 9.18 Å². The largest absolute Gasteiger partial charge is 0.494 e. The number of methoxy groups -OCH3 is 1. The highest BCUT2D eigenvalue weighted by molar-refractivity contribution is 14.0. The third kappa shape index (κ3) is 8.44. The maximum atomic E-state index is 13.9. The van der Waals surface area contributed by atoms with Crippen LogP contribution >= 0.6 is 24.0 Å². The molecule has 0 radical (unpaired) electrons. The number of amides is 1. The Morgan fingerprint density at radius 1 is 1.26 bits per heavy atom. The minimum atomic E-state index is -0.319. The van der Waals surface area contributed by atoms with E-state index in [0.29, 0.717) is 19.0 Å². The molecule has 1 aliphatic carbocycles. The number of carbonyl (C=O) groups is 1. The molecule has 31 heavy (non-hydrogen) atoms. The Hall–Kier alpha value is -1.62. The number of halogens is 2. The van der Waals surface area contributed by atoms with Crippen molar-refractivity contribution in [2.75, 3.05) is 46.4 Å². The number of piperazine rings is 1. The van der Waals surface area contributed by atoms with Gasteiger partial charge in [0.25, 0.3) is 0 Å². The third-order valence-electron chi connectivity index (χ3n) is 5.40. The van der Waals surface area contributed by atoms with Crippen LogP contribution in [0, 0.1) is 5.82 Å². The Kier molecular flexibility index (Phi) is 10.8. The van der Waals surface area contributed by atoms with Gasteiger partial charge in [-0.3, -0.25) is 14.7 Å². The number of nitrogens with one attached hydrogen (secondary N) is 2.